The van der Waals surface area contributed by atoms with E-state index in [1.165, 1.54) is 7.11 Å². The number of esters is 1. The van der Waals surface area contributed by atoms with Crippen molar-refractivity contribution in [2.24, 2.45) is 11.8 Å². The molecule has 2 fully saturated rings. The van der Waals surface area contributed by atoms with Gasteiger partial charge in [0.15, 0.2) is 0 Å². The van der Waals surface area contributed by atoms with Crippen molar-refractivity contribution in [3.8, 4) is 0 Å². The molecule has 0 aromatic rings. The number of amides is 3. The number of nitrogens with one attached hydrogen (secondary N) is 1. The summed E-state index contributed by atoms with van der Waals surface area (Å²) in [5.74, 6) is -0.718. The lowest BCUT2D eigenvalue weighted by Gasteiger charge is -2.42. The molecule has 1 aliphatic heterocycles. The van der Waals surface area contributed by atoms with Gasteiger partial charge in [0.1, 0.15) is 12.1 Å². The molecule has 1 aliphatic carbocycles. The summed E-state index contributed by atoms with van der Waals surface area (Å²) < 4.78 is 4.53. The third-order valence-electron chi connectivity index (χ3n) is 4.50. The van der Waals surface area contributed by atoms with Gasteiger partial charge in [-0.1, -0.05) is 20.3 Å². The minimum Gasteiger partial charge on any atom is -0.468 e. The molecule has 2 aliphatic rings. The summed E-state index contributed by atoms with van der Waals surface area (Å²) in [7, 11) is 1.24. The third-order valence-corrected chi connectivity index (χ3v) is 4.50. The molecule has 19 heavy (non-hydrogen) atoms. The van der Waals surface area contributed by atoms with Gasteiger partial charge < -0.3 is 10.1 Å². The fraction of sp³-hybridized carbons (Fsp3) is 0.769. The molecule has 1 saturated carbocycles. The van der Waals surface area contributed by atoms with E-state index in [0.29, 0.717) is 0 Å². The van der Waals surface area contributed by atoms with Crippen molar-refractivity contribution in [1.29, 1.82) is 0 Å². The monoisotopic (exact) mass is 268 g/mol. The average Bonchev–Trinajstić information content (AvgIpc) is 2.62. The molecular formula is C13H20N2O4. The first-order valence-corrected chi connectivity index (χ1v) is 6.64. The number of nitrogens with zero attached hydrogens (tertiary/aromatic N) is 1. The fourth-order valence-electron chi connectivity index (χ4n) is 3.29. The molecule has 0 aromatic carbocycles. The zero-order valence-corrected chi connectivity index (χ0v) is 11.6. The Hall–Kier alpha value is -1.59. The summed E-state index contributed by atoms with van der Waals surface area (Å²) in [6, 6.07) is -0.490. The lowest BCUT2D eigenvalue weighted by molar-refractivity contribution is -0.147. The summed E-state index contributed by atoms with van der Waals surface area (Å²) in [6.45, 7) is 3.65. The van der Waals surface area contributed by atoms with E-state index in [1.807, 2.05) is 13.8 Å². The predicted molar refractivity (Wildman–Crippen MR) is 67.2 cm³/mol. The first kappa shape index (κ1) is 13.8. The van der Waals surface area contributed by atoms with E-state index < -0.39 is 17.5 Å². The lowest BCUT2D eigenvalue weighted by Crippen LogP contribution is -2.59. The predicted octanol–water partition coefficient (Wildman–Crippen LogP) is 0.906. The van der Waals surface area contributed by atoms with Crippen molar-refractivity contribution in [2.75, 3.05) is 13.7 Å². The molecule has 0 radical (unpaired) electrons. The molecule has 1 N–H and O–H groups in total. The maximum absolute atomic E-state index is 12.6. The molecule has 1 spiro atoms. The van der Waals surface area contributed by atoms with Crippen LogP contribution in [0.2, 0.25) is 0 Å². The number of hydrogen-bond acceptors (Lipinski definition) is 4. The second kappa shape index (κ2) is 4.83. The number of carbonyl (C=O) groups is 3. The van der Waals surface area contributed by atoms with Crippen molar-refractivity contribution < 1.29 is 19.1 Å². The van der Waals surface area contributed by atoms with Crippen LogP contribution < -0.4 is 5.32 Å². The quantitative estimate of drug-likeness (QED) is 0.596. The van der Waals surface area contributed by atoms with E-state index in [9.17, 15) is 14.4 Å². The van der Waals surface area contributed by atoms with Crippen LogP contribution in [0.15, 0.2) is 0 Å². The Morgan fingerprint density at radius 1 is 1.37 bits per heavy atom. The van der Waals surface area contributed by atoms with Crippen LogP contribution in [-0.4, -0.2) is 42.0 Å². The minimum atomic E-state index is -0.844. The Morgan fingerprint density at radius 3 is 2.47 bits per heavy atom. The number of hydrogen-bond donors (Lipinski definition) is 1. The topological polar surface area (TPSA) is 75.7 Å². The normalized spacial score (nSPS) is 34.6. The van der Waals surface area contributed by atoms with E-state index in [2.05, 4.69) is 10.1 Å². The van der Waals surface area contributed by atoms with Gasteiger partial charge in [-0.2, -0.15) is 0 Å². The zero-order chi connectivity index (χ0) is 14.2. The molecule has 6 nitrogen and oxygen atoms in total. The van der Waals surface area contributed by atoms with Crippen LogP contribution in [0.1, 0.15) is 33.1 Å². The van der Waals surface area contributed by atoms with Crippen LogP contribution in [0.3, 0.4) is 0 Å². The molecular weight excluding hydrogens is 248 g/mol. The van der Waals surface area contributed by atoms with Crippen LogP contribution in [0.25, 0.3) is 0 Å². The van der Waals surface area contributed by atoms with E-state index in [0.717, 1.165) is 24.2 Å². The van der Waals surface area contributed by atoms with Gasteiger partial charge in [-0.3, -0.25) is 14.5 Å². The zero-order valence-electron chi connectivity index (χ0n) is 11.6. The van der Waals surface area contributed by atoms with Gasteiger partial charge in [0, 0.05) is 0 Å². The standard InChI is InChI=1S/C13H20N2O4/c1-8-5-4-6-9(2)13(8)11(17)15(12(18)14-13)7-10(16)19-3/h8-9H,4-7H2,1-3H3,(H,14,18). The van der Waals surface area contributed by atoms with Gasteiger partial charge in [0.05, 0.1) is 7.11 Å². The average molecular weight is 268 g/mol. The molecule has 106 valence electrons. The van der Waals surface area contributed by atoms with Gasteiger partial charge in [-0.15, -0.1) is 0 Å². The highest BCUT2D eigenvalue weighted by Gasteiger charge is 2.58. The number of carbonyl (C=O) groups excluding carboxylic acids is 3. The Morgan fingerprint density at radius 2 is 1.95 bits per heavy atom. The fourth-order valence-corrected chi connectivity index (χ4v) is 3.29. The molecule has 0 bridgehead atoms. The minimum absolute atomic E-state index is 0.0790. The SMILES string of the molecule is COC(=O)CN1C(=O)NC2(C1=O)C(C)CCCC2C. The first-order chi connectivity index (χ1) is 8.93. The second-order valence-corrected chi connectivity index (χ2v) is 5.50. The maximum atomic E-state index is 12.6. The van der Waals surface area contributed by atoms with E-state index >= 15 is 0 Å². The van der Waals surface area contributed by atoms with Crippen LogP contribution in [0.4, 0.5) is 4.79 Å². The van der Waals surface area contributed by atoms with Gasteiger partial charge in [-0.25, -0.2) is 4.79 Å². The van der Waals surface area contributed by atoms with E-state index in [1.54, 1.807) is 0 Å². The van der Waals surface area contributed by atoms with Crippen LogP contribution in [-0.2, 0) is 14.3 Å². The molecule has 2 rings (SSSR count). The van der Waals surface area contributed by atoms with Crippen molar-refractivity contribution in [3.05, 3.63) is 0 Å². The van der Waals surface area contributed by atoms with Crippen molar-refractivity contribution in [1.82, 2.24) is 10.2 Å². The van der Waals surface area contributed by atoms with E-state index in [4.69, 9.17) is 0 Å². The second-order valence-electron chi connectivity index (χ2n) is 5.50. The van der Waals surface area contributed by atoms with Crippen molar-refractivity contribution in [3.63, 3.8) is 0 Å². The summed E-state index contributed by atoms with van der Waals surface area (Å²) in [4.78, 5) is 36.9. The van der Waals surface area contributed by atoms with Gasteiger partial charge >= 0.3 is 12.0 Å². The molecule has 1 heterocycles. The van der Waals surface area contributed by atoms with Crippen LogP contribution in [0, 0.1) is 11.8 Å². The van der Waals surface area contributed by atoms with Crippen LogP contribution in [0.5, 0.6) is 0 Å². The highest BCUT2D eigenvalue weighted by atomic mass is 16.5. The number of methoxy groups -OCH3 is 1. The summed E-state index contributed by atoms with van der Waals surface area (Å²) in [5, 5.41) is 2.83. The first-order valence-electron chi connectivity index (χ1n) is 6.64. The van der Waals surface area contributed by atoms with Crippen LogP contribution >= 0.6 is 0 Å². The summed E-state index contributed by atoms with van der Waals surface area (Å²) in [5.41, 5.74) is -0.844. The molecule has 2 atom stereocenters. The number of rotatable bonds is 2. The van der Waals surface area contributed by atoms with Crippen molar-refractivity contribution in [2.45, 2.75) is 38.6 Å². The number of urea groups is 1. The molecule has 0 aromatic heterocycles. The molecule has 6 heteroatoms. The summed E-state index contributed by atoms with van der Waals surface area (Å²) in [6.07, 6.45) is 2.87. The Kier molecular flexibility index (Phi) is 3.52. The summed E-state index contributed by atoms with van der Waals surface area (Å²) >= 11 is 0. The Balaban J connectivity index is 2.27. The number of imide groups is 1. The molecule has 3 amide bonds. The third kappa shape index (κ3) is 1.99. The van der Waals surface area contributed by atoms with Crippen molar-refractivity contribution >= 4 is 17.9 Å². The van der Waals surface area contributed by atoms with Gasteiger partial charge in [0.2, 0.25) is 0 Å². The molecule has 1 saturated heterocycles. The highest BCUT2D eigenvalue weighted by Crippen LogP contribution is 2.42. The number of ether oxygens (including phenoxy) is 1. The smallest absolute Gasteiger partial charge is 0.325 e. The Labute approximate surface area is 112 Å². The lowest BCUT2D eigenvalue weighted by atomic mass is 9.67. The Bertz CT molecular complexity index is 411. The largest absolute Gasteiger partial charge is 0.468 e. The van der Waals surface area contributed by atoms with Gasteiger partial charge in [-0.05, 0) is 24.7 Å². The highest BCUT2D eigenvalue weighted by molar-refractivity contribution is 6.09. The van der Waals surface area contributed by atoms with E-state index in [-0.39, 0.29) is 24.3 Å². The molecule has 2 unspecified atom stereocenters. The van der Waals surface area contributed by atoms with Gasteiger partial charge in [0.25, 0.3) is 5.91 Å². The maximum Gasteiger partial charge on any atom is 0.325 e.